The summed E-state index contributed by atoms with van der Waals surface area (Å²) < 4.78 is 27.3. The van der Waals surface area contributed by atoms with Crippen molar-refractivity contribution < 1.29 is 13.2 Å². The van der Waals surface area contributed by atoms with E-state index in [1.807, 2.05) is 18.2 Å². The SMILES string of the molecule is CC(C)(C)NS(=O)(=O)c1ccc(C(=O)NC2CCSc3ccccc32)cc1. The van der Waals surface area contributed by atoms with Crippen LogP contribution >= 0.6 is 11.8 Å². The van der Waals surface area contributed by atoms with Crippen molar-refractivity contribution in [3.63, 3.8) is 0 Å². The van der Waals surface area contributed by atoms with Crippen LogP contribution in [0.4, 0.5) is 0 Å². The van der Waals surface area contributed by atoms with Gasteiger partial charge in [-0.2, -0.15) is 0 Å². The molecule has 3 rings (SSSR count). The van der Waals surface area contributed by atoms with E-state index < -0.39 is 15.6 Å². The van der Waals surface area contributed by atoms with Crippen molar-refractivity contribution in [2.75, 3.05) is 5.75 Å². The molecule has 2 aromatic carbocycles. The summed E-state index contributed by atoms with van der Waals surface area (Å²) in [6.45, 7) is 5.35. The highest BCUT2D eigenvalue weighted by Crippen LogP contribution is 2.35. The van der Waals surface area contributed by atoms with Crippen LogP contribution in [0.3, 0.4) is 0 Å². The average Bonchev–Trinajstić information content (AvgIpc) is 2.60. The summed E-state index contributed by atoms with van der Waals surface area (Å²) in [6, 6.07) is 14.1. The lowest BCUT2D eigenvalue weighted by molar-refractivity contribution is 0.0935. The van der Waals surface area contributed by atoms with Gasteiger partial charge < -0.3 is 5.32 Å². The zero-order chi connectivity index (χ0) is 19.7. The Hall–Kier alpha value is -1.83. The van der Waals surface area contributed by atoms with Gasteiger partial charge in [0.25, 0.3) is 5.91 Å². The molecule has 1 amide bonds. The molecule has 27 heavy (non-hydrogen) atoms. The minimum Gasteiger partial charge on any atom is -0.345 e. The maximum Gasteiger partial charge on any atom is 0.251 e. The Balaban J connectivity index is 1.74. The lowest BCUT2D eigenvalue weighted by Crippen LogP contribution is -2.40. The number of amides is 1. The molecule has 1 unspecified atom stereocenters. The molecule has 1 aliphatic rings. The molecule has 0 radical (unpaired) electrons. The molecule has 0 spiro atoms. The predicted molar refractivity (Wildman–Crippen MR) is 109 cm³/mol. The van der Waals surface area contributed by atoms with E-state index in [1.54, 1.807) is 44.7 Å². The number of rotatable bonds is 4. The Bertz CT molecular complexity index is 932. The maximum atomic E-state index is 12.6. The third-order valence-electron chi connectivity index (χ3n) is 4.13. The van der Waals surface area contributed by atoms with Gasteiger partial charge in [0.05, 0.1) is 10.9 Å². The second kappa shape index (κ2) is 7.66. The number of thioether (sulfide) groups is 1. The Labute approximate surface area is 165 Å². The first kappa shape index (κ1) is 19.9. The third kappa shape index (κ3) is 4.91. The van der Waals surface area contributed by atoms with Crippen LogP contribution in [-0.4, -0.2) is 25.6 Å². The molecule has 0 bridgehead atoms. The maximum absolute atomic E-state index is 12.6. The van der Waals surface area contributed by atoms with E-state index in [4.69, 9.17) is 0 Å². The number of benzene rings is 2. The fraction of sp³-hybridized carbons (Fsp3) is 0.350. The Morgan fingerprint density at radius 2 is 1.74 bits per heavy atom. The Morgan fingerprint density at radius 3 is 2.41 bits per heavy atom. The summed E-state index contributed by atoms with van der Waals surface area (Å²) in [5, 5.41) is 3.07. The monoisotopic (exact) mass is 404 g/mol. The molecule has 0 fully saturated rings. The Morgan fingerprint density at radius 1 is 1.07 bits per heavy atom. The fourth-order valence-corrected chi connectivity index (χ4v) is 5.52. The molecule has 2 aromatic rings. The lowest BCUT2D eigenvalue weighted by Gasteiger charge is -2.26. The van der Waals surface area contributed by atoms with Gasteiger partial charge in [-0.25, -0.2) is 13.1 Å². The van der Waals surface area contributed by atoms with E-state index in [1.165, 1.54) is 17.0 Å². The molecule has 0 saturated heterocycles. The summed E-state index contributed by atoms with van der Waals surface area (Å²) in [7, 11) is -3.61. The molecule has 7 heteroatoms. The van der Waals surface area contributed by atoms with Crippen LogP contribution in [0, 0.1) is 0 Å². The van der Waals surface area contributed by atoms with Crippen LogP contribution in [0.15, 0.2) is 58.3 Å². The highest BCUT2D eigenvalue weighted by atomic mass is 32.2. The second-order valence-electron chi connectivity index (χ2n) is 7.58. The summed E-state index contributed by atoms with van der Waals surface area (Å²) in [6.07, 6.45) is 0.870. The van der Waals surface area contributed by atoms with Crippen molar-refractivity contribution in [2.24, 2.45) is 0 Å². The van der Waals surface area contributed by atoms with Crippen molar-refractivity contribution in [3.05, 3.63) is 59.7 Å². The topological polar surface area (TPSA) is 75.3 Å². The quantitative estimate of drug-likeness (QED) is 0.814. The highest BCUT2D eigenvalue weighted by Gasteiger charge is 2.24. The zero-order valence-corrected chi connectivity index (χ0v) is 17.3. The molecule has 0 aromatic heterocycles. The average molecular weight is 405 g/mol. The van der Waals surface area contributed by atoms with Crippen molar-refractivity contribution in [2.45, 2.75) is 48.6 Å². The number of hydrogen-bond donors (Lipinski definition) is 2. The summed E-state index contributed by atoms with van der Waals surface area (Å²) in [5.74, 6) is 0.756. The van der Waals surface area contributed by atoms with Crippen molar-refractivity contribution in [1.29, 1.82) is 0 Å². The van der Waals surface area contributed by atoms with Crippen LogP contribution < -0.4 is 10.0 Å². The molecule has 0 aliphatic carbocycles. The molecule has 144 valence electrons. The zero-order valence-electron chi connectivity index (χ0n) is 15.7. The Kier molecular flexibility index (Phi) is 5.65. The van der Waals surface area contributed by atoms with Gasteiger partial charge in [-0.15, -0.1) is 11.8 Å². The predicted octanol–water partition coefficient (Wildman–Crippen LogP) is 3.73. The van der Waals surface area contributed by atoms with Crippen LogP contribution in [0.25, 0.3) is 0 Å². The van der Waals surface area contributed by atoms with Crippen LogP contribution in [0.1, 0.15) is 49.2 Å². The molecular formula is C20H24N2O3S2. The van der Waals surface area contributed by atoms with Crippen LogP contribution in [-0.2, 0) is 10.0 Å². The van der Waals surface area contributed by atoms with Crippen LogP contribution in [0.5, 0.6) is 0 Å². The highest BCUT2D eigenvalue weighted by molar-refractivity contribution is 7.99. The van der Waals surface area contributed by atoms with E-state index in [9.17, 15) is 13.2 Å². The lowest BCUT2D eigenvalue weighted by atomic mass is 10.0. The minimum absolute atomic E-state index is 0.0269. The third-order valence-corrected chi connectivity index (χ3v) is 7.03. The number of fused-ring (bicyclic) bond motifs is 1. The first-order valence-electron chi connectivity index (χ1n) is 8.82. The first-order valence-corrected chi connectivity index (χ1v) is 11.3. The molecule has 1 aliphatic heterocycles. The molecule has 0 saturated carbocycles. The van der Waals surface area contributed by atoms with E-state index >= 15 is 0 Å². The van der Waals surface area contributed by atoms with Crippen molar-refractivity contribution >= 4 is 27.7 Å². The minimum atomic E-state index is -3.61. The summed E-state index contributed by atoms with van der Waals surface area (Å²) in [4.78, 5) is 14.0. The van der Waals surface area contributed by atoms with Gasteiger partial charge in [0.1, 0.15) is 0 Å². The first-order chi connectivity index (χ1) is 12.7. The van der Waals surface area contributed by atoms with E-state index in [0.717, 1.165) is 17.7 Å². The van der Waals surface area contributed by atoms with E-state index in [-0.39, 0.29) is 16.8 Å². The number of carbonyl (C=O) groups is 1. The van der Waals surface area contributed by atoms with Crippen molar-refractivity contribution in [1.82, 2.24) is 10.0 Å². The van der Waals surface area contributed by atoms with Gasteiger partial charge in [-0.1, -0.05) is 18.2 Å². The van der Waals surface area contributed by atoms with Gasteiger partial charge in [0.15, 0.2) is 0 Å². The second-order valence-corrected chi connectivity index (χ2v) is 10.4. The molecule has 5 nitrogen and oxygen atoms in total. The van der Waals surface area contributed by atoms with E-state index in [2.05, 4.69) is 16.1 Å². The molecular weight excluding hydrogens is 380 g/mol. The molecule has 1 heterocycles. The summed E-state index contributed by atoms with van der Waals surface area (Å²) >= 11 is 1.80. The fourth-order valence-electron chi connectivity index (χ4n) is 2.98. The van der Waals surface area contributed by atoms with Gasteiger partial charge in [0, 0.05) is 21.8 Å². The summed E-state index contributed by atoms with van der Waals surface area (Å²) in [5.41, 5.74) is 1.01. The van der Waals surface area contributed by atoms with Gasteiger partial charge in [0.2, 0.25) is 10.0 Å². The largest absolute Gasteiger partial charge is 0.345 e. The van der Waals surface area contributed by atoms with Crippen LogP contribution in [0.2, 0.25) is 0 Å². The normalized spacial score (nSPS) is 17.2. The van der Waals surface area contributed by atoms with Crippen molar-refractivity contribution in [3.8, 4) is 0 Å². The number of hydrogen-bond acceptors (Lipinski definition) is 4. The smallest absolute Gasteiger partial charge is 0.251 e. The van der Waals surface area contributed by atoms with Gasteiger partial charge >= 0.3 is 0 Å². The molecule has 2 N–H and O–H groups in total. The number of sulfonamides is 1. The number of nitrogens with one attached hydrogen (secondary N) is 2. The van der Waals surface area contributed by atoms with E-state index in [0.29, 0.717) is 5.56 Å². The molecule has 1 atom stereocenters. The standard InChI is InChI=1S/C20H24N2O3S2/c1-20(2,3)22-27(24,25)15-10-8-14(9-11-15)19(23)21-17-12-13-26-18-7-5-4-6-16(17)18/h4-11,17,22H,12-13H2,1-3H3,(H,21,23). The van der Waals surface area contributed by atoms with Gasteiger partial charge in [-0.05, 0) is 63.1 Å². The van der Waals surface area contributed by atoms with Gasteiger partial charge in [-0.3, -0.25) is 4.79 Å². The number of carbonyl (C=O) groups excluding carboxylic acids is 1.